The number of hydrogen-bond acceptors (Lipinski definition) is 3. The van der Waals surface area contributed by atoms with Crippen LogP contribution in [0.1, 0.15) is 0 Å². The molecule has 0 heterocycles. The summed E-state index contributed by atoms with van der Waals surface area (Å²) in [6, 6.07) is 6.15. The fraction of sp³-hybridized carbons (Fsp3) is 0. The molecule has 0 aliphatic heterocycles. The van der Waals surface area contributed by atoms with Gasteiger partial charge in [0.05, 0.1) is 11.0 Å². The predicted molar refractivity (Wildman–Crippen MR) is 63.8 cm³/mol. The maximum absolute atomic E-state index is 11.4. The van der Waals surface area contributed by atoms with Crippen molar-refractivity contribution in [2.24, 2.45) is 0 Å². The predicted octanol–water partition coefficient (Wildman–Crippen LogP) is 1.72. The van der Waals surface area contributed by atoms with Crippen molar-refractivity contribution < 1.29 is 37.1 Å². The Balaban J connectivity index is 0.00000289. The van der Waals surface area contributed by atoms with E-state index in [1.807, 2.05) is 0 Å². The van der Waals surface area contributed by atoms with Crippen LogP contribution in [0, 0.1) is 0 Å². The van der Waals surface area contributed by atoms with Crippen molar-refractivity contribution in [2.45, 2.75) is 0 Å². The number of nitrogens with one attached hydrogen (secondary N) is 1. The molecule has 1 rings (SSSR count). The minimum absolute atomic E-state index is 0. The quantitative estimate of drug-likeness (QED) is 0.620. The van der Waals surface area contributed by atoms with Crippen molar-refractivity contribution in [1.29, 1.82) is 0 Å². The molecule has 0 bridgehead atoms. The topological polar surface area (TPSA) is 69.2 Å². The van der Waals surface area contributed by atoms with Crippen LogP contribution >= 0.6 is 34.8 Å². The molecule has 0 aliphatic carbocycles. The molecule has 4 nitrogen and oxygen atoms in total. The van der Waals surface area contributed by atoms with Crippen molar-refractivity contribution in [3.63, 3.8) is 0 Å². The molecule has 1 aromatic rings. The van der Waals surface area contributed by atoms with E-state index in [-0.39, 0.29) is 22.4 Å². The van der Waals surface area contributed by atoms with E-state index in [0.29, 0.717) is 10.7 Å². The molecule has 0 unspecified atom stereocenters. The van der Waals surface area contributed by atoms with Gasteiger partial charge in [-0.25, -0.2) is 0 Å². The Kier molecular flexibility index (Phi) is 7.63. The van der Waals surface area contributed by atoms with Crippen molar-refractivity contribution in [3.8, 4) is 0 Å². The first-order chi connectivity index (χ1) is 7.91. The van der Waals surface area contributed by atoms with Crippen LogP contribution < -0.4 is 10.4 Å². The minimum atomic E-state index is -1.72. The Morgan fingerprint density at radius 2 is 1.56 bits per heavy atom. The number of carboxylic acids is 1. The van der Waals surface area contributed by atoms with Crippen LogP contribution in [0.25, 0.3) is 0 Å². The van der Waals surface area contributed by atoms with Gasteiger partial charge in [0.1, 0.15) is 5.03 Å². The van der Waals surface area contributed by atoms with Gasteiger partial charge in [0.15, 0.2) is 0 Å². The molecule has 1 N–H and O–H groups in total. The second-order valence-corrected chi connectivity index (χ2v) is 4.07. The number of carboxylic acid groups (broad SMARTS) is 1. The minimum Gasteiger partial charge on any atom is -0.544 e. The van der Waals surface area contributed by atoms with Crippen molar-refractivity contribution in [2.75, 3.05) is 5.32 Å². The van der Waals surface area contributed by atoms with Crippen LogP contribution in [0.15, 0.2) is 34.3 Å². The summed E-state index contributed by atoms with van der Waals surface area (Å²) in [5.41, 5.74) is 0.403. The van der Waals surface area contributed by atoms with E-state index in [9.17, 15) is 14.7 Å². The molecular weight excluding hydrogens is 396 g/mol. The third-order valence-electron chi connectivity index (χ3n) is 1.67. The van der Waals surface area contributed by atoms with E-state index in [4.69, 9.17) is 34.8 Å². The normalized spacial score (nSPS) is 11.1. The zero-order valence-electron chi connectivity index (χ0n) is 8.47. The van der Waals surface area contributed by atoms with Crippen LogP contribution in [-0.4, -0.2) is 11.9 Å². The number of amides is 1. The second-order valence-electron chi connectivity index (χ2n) is 2.88. The molecule has 0 saturated heterocycles. The van der Waals surface area contributed by atoms with E-state index >= 15 is 0 Å². The molecule has 1 amide bonds. The van der Waals surface area contributed by atoms with Crippen LogP contribution in [0.3, 0.4) is 0 Å². The number of aliphatic carboxylic acids is 1. The van der Waals surface area contributed by atoms with Crippen molar-refractivity contribution in [1.82, 2.24) is 0 Å². The van der Waals surface area contributed by atoms with Crippen LogP contribution in [0.4, 0.5) is 5.69 Å². The number of benzene rings is 1. The molecule has 0 aliphatic rings. The van der Waals surface area contributed by atoms with Gasteiger partial charge in [-0.3, -0.25) is 4.79 Å². The van der Waals surface area contributed by atoms with Gasteiger partial charge in [0.2, 0.25) is 0 Å². The molecule has 0 radical (unpaired) electrons. The molecule has 1 aromatic carbocycles. The van der Waals surface area contributed by atoms with E-state index in [1.165, 1.54) is 12.1 Å². The van der Waals surface area contributed by atoms with Gasteiger partial charge in [-0.05, 0) is 24.3 Å². The van der Waals surface area contributed by atoms with Crippen LogP contribution in [0.2, 0.25) is 5.02 Å². The van der Waals surface area contributed by atoms with E-state index in [1.54, 1.807) is 12.1 Å². The van der Waals surface area contributed by atoms with Gasteiger partial charge in [-0.2, -0.15) is 0 Å². The number of anilines is 1. The second kappa shape index (κ2) is 7.84. The zero-order valence-corrected chi connectivity index (χ0v) is 12.2. The Morgan fingerprint density at radius 3 is 2.00 bits per heavy atom. The standard InChI is InChI=1S/C10H6Cl3NO3.Ag/c11-5-1-3-6(4-2-5)14-9(15)7(12)8(13)10(16)17;/h1-4H,(H,14,15)(H,16,17);/q;+1/p-1/b8-7+;. The molecular formula is C10H5AgCl3NO3. The molecule has 0 fully saturated rings. The van der Waals surface area contributed by atoms with Crippen molar-refractivity contribution >= 4 is 52.4 Å². The molecule has 100 valence electrons. The van der Waals surface area contributed by atoms with Gasteiger partial charge in [-0.15, -0.1) is 0 Å². The van der Waals surface area contributed by atoms with E-state index < -0.39 is 21.9 Å². The Bertz CT molecular complexity index is 488. The number of carbonyl (C=O) groups excluding carboxylic acids is 2. The molecule has 0 aromatic heterocycles. The Labute approximate surface area is 133 Å². The monoisotopic (exact) mass is 399 g/mol. The zero-order chi connectivity index (χ0) is 13.0. The van der Waals surface area contributed by atoms with Gasteiger partial charge in [0.25, 0.3) is 5.91 Å². The van der Waals surface area contributed by atoms with Crippen LogP contribution in [-0.2, 0) is 32.0 Å². The first kappa shape index (κ1) is 17.5. The summed E-state index contributed by atoms with van der Waals surface area (Å²) in [6.07, 6.45) is 0. The Hall–Kier alpha value is -0.490. The average molecular weight is 401 g/mol. The first-order valence-corrected chi connectivity index (χ1v) is 5.38. The maximum atomic E-state index is 11.4. The van der Waals surface area contributed by atoms with Crippen LogP contribution in [0.5, 0.6) is 0 Å². The first-order valence-electron chi connectivity index (χ1n) is 4.25. The summed E-state index contributed by atoms with van der Waals surface area (Å²) in [5.74, 6) is -2.56. The van der Waals surface area contributed by atoms with E-state index in [2.05, 4.69) is 5.32 Å². The molecule has 18 heavy (non-hydrogen) atoms. The third kappa shape index (κ3) is 5.02. The number of carbonyl (C=O) groups is 2. The SMILES string of the molecule is O=C([O-])/C(Cl)=C(\Cl)C(=O)Nc1ccc(Cl)cc1.[Ag+]. The number of rotatable bonds is 3. The molecule has 8 heteroatoms. The van der Waals surface area contributed by atoms with Gasteiger partial charge in [-0.1, -0.05) is 34.8 Å². The van der Waals surface area contributed by atoms with Gasteiger partial charge in [0, 0.05) is 10.7 Å². The fourth-order valence-electron chi connectivity index (χ4n) is 0.908. The summed E-state index contributed by atoms with van der Waals surface area (Å²) in [7, 11) is 0. The fourth-order valence-corrected chi connectivity index (χ4v) is 1.24. The summed E-state index contributed by atoms with van der Waals surface area (Å²) in [4.78, 5) is 21.8. The number of halogens is 3. The smallest absolute Gasteiger partial charge is 0.544 e. The molecule has 0 spiro atoms. The Morgan fingerprint density at radius 1 is 1.06 bits per heavy atom. The number of hydrogen-bond donors (Lipinski definition) is 1. The van der Waals surface area contributed by atoms with E-state index in [0.717, 1.165) is 0 Å². The van der Waals surface area contributed by atoms with Gasteiger partial charge >= 0.3 is 22.4 Å². The van der Waals surface area contributed by atoms with Crippen molar-refractivity contribution in [3.05, 3.63) is 39.4 Å². The summed E-state index contributed by atoms with van der Waals surface area (Å²) in [6.45, 7) is 0. The summed E-state index contributed by atoms with van der Waals surface area (Å²) >= 11 is 16.4. The van der Waals surface area contributed by atoms with Gasteiger partial charge < -0.3 is 15.2 Å². The molecule has 0 saturated carbocycles. The molecule has 0 atom stereocenters. The summed E-state index contributed by atoms with van der Waals surface area (Å²) < 4.78 is 0. The average Bonchev–Trinajstić information content (AvgIpc) is 2.30. The third-order valence-corrected chi connectivity index (χ3v) is 2.73. The summed E-state index contributed by atoms with van der Waals surface area (Å²) in [5, 5.41) is 11.7. The largest absolute Gasteiger partial charge is 1.00 e. The maximum Gasteiger partial charge on any atom is 1.00 e.